The highest BCUT2D eigenvalue weighted by Gasteiger charge is 2.30. The van der Waals surface area contributed by atoms with Gasteiger partial charge in [-0.1, -0.05) is 41.9 Å². The van der Waals surface area contributed by atoms with Crippen LogP contribution < -0.4 is 4.74 Å². The van der Waals surface area contributed by atoms with Crippen molar-refractivity contribution in [1.29, 1.82) is 0 Å². The first kappa shape index (κ1) is 24.6. The number of amidine groups is 1. The average molecular weight is 507 g/mol. The van der Waals surface area contributed by atoms with Crippen molar-refractivity contribution >= 4 is 52.2 Å². The molecule has 35 heavy (non-hydrogen) atoms. The highest BCUT2D eigenvalue weighted by atomic mass is 35.5. The molecule has 6 nitrogen and oxygen atoms in total. The van der Waals surface area contributed by atoms with Gasteiger partial charge >= 0.3 is 5.97 Å². The van der Waals surface area contributed by atoms with Crippen LogP contribution in [-0.4, -0.2) is 35.6 Å². The van der Waals surface area contributed by atoms with Crippen molar-refractivity contribution in [2.24, 2.45) is 4.99 Å². The van der Waals surface area contributed by atoms with Crippen LogP contribution in [0.15, 0.2) is 82.7 Å². The van der Waals surface area contributed by atoms with Crippen LogP contribution in [0, 0.1) is 0 Å². The number of carbonyl (C=O) groups excluding carboxylic acids is 2. The second kappa shape index (κ2) is 11.3. The Balaban J connectivity index is 1.44. The van der Waals surface area contributed by atoms with Gasteiger partial charge in [0.15, 0.2) is 5.17 Å². The molecule has 3 aromatic rings. The first-order valence-electron chi connectivity index (χ1n) is 10.9. The van der Waals surface area contributed by atoms with Gasteiger partial charge in [0, 0.05) is 12.1 Å². The first-order chi connectivity index (χ1) is 16.9. The summed E-state index contributed by atoms with van der Waals surface area (Å²) in [5.41, 5.74) is 2.88. The average Bonchev–Trinajstić information content (AvgIpc) is 3.12. The third kappa shape index (κ3) is 6.32. The number of benzene rings is 3. The van der Waals surface area contributed by atoms with Gasteiger partial charge in [-0.3, -0.25) is 9.69 Å². The Labute approximate surface area is 213 Å². The Morgan fingerprint density at radius 2 is 1.83 bits per heavy atom. The molecule has 1 aliphatic rings. The lowest BCUT2D eigenvalue weighted by atomic mass is 10.2. The number of ether oxygens (including phenoxy) is 2. The van der Waals surface area contributed by atoms with Crippen LogP contribution in [0.25, 0.3) is 6.08 Å². The van der Waals surface area contributed by atoms with E-state index in [0.29, 0.717) is 39.6 Å². The zero-order valence-electron chi connectivity index (χ0n) is 19.2. The molecule has 0 bridgehead atoms. The quantitative estimate of drug-likeness (QED) is 0.276. The van der Waals surface area contributed by atoms with Gasteiger partial charge in [0.05, 0.1) is 22.8 Å². The standard InChI is InChI=1S/C27H23ClN2O4S/c1-3-33-26(32)20-5-4-6-22(16-20)29-27-30(2)25(31)24(35-27)15-18-9-13-23(14-10-18)34-17-19-7-11-21(28)12-8-19/h4-16H,3,17H2,1-2H3. The van der Waals surface area contributed by atoms with Gasteiger partial charge in [0.1, 0.15) is 12.4 Å². The lowest BCUT2D eigenvalue weighted by Crippen LogP contribution is -2.23. The maximum absolute atomic E-state index is 12.8. The summed E-state index contributed by atoms with van der Waals surface area (Å²) in [5, 5.41) is 1.22. The van der Waals surface area contributed by atoms with Crippen molar-refractivity contribution in [3.8, 4) is 5.75 Å². The van der Waals surface area contributed by atoms with Gasteiger partial charge in [-0.2, -0.15) is 0 Å². The van der Waals surface area contributed by atoms with E-state index in [0.717, 1.165) is 16.9 Å². The number of aliphatic imine (C=N–C) groups is 1. The van der Waals surface area contributed by atoms with Gasteiger partial charge in [0.25, 0.3) is 5.91 Å². The Morgan fingerprint density at radius 3 is 2.54 bits per heavy atom. The van der Waals surface area contributed by atoms with Crippen molar-refractivity contribution in [3.05, 3.63) is 99.4 Å². The monoisotopic (exact) mass is 506 g/mol. The van der Waals surface area contributed by atoms with Crippen LogP contribution in [0.4, 0.5) is 5.69 Å². The summed E-state index contributed by atoms with van der Waals surface area (Å²) >= 11 is 7.20. The Kier molecular flexibility index (Phi) is 7.90. The maximum Gasteiger partial charge on any atom is 0.338 e. The van der Waals surface area contributed by atoms with Crippen LogP contribution in [0.2, 0.25) is 5.02 Å². The van der Waals surface area contributed by atoms with Gasteiger partial charge in [0.2, 0.25) is 0 Å². The maximum atomic E-state index is 12.8. The minimum atomic E-state index is -0.403. The van der Waals surface area contributed by atoms with Gasteiger partial charge < -0.3 is 9.47 Å². The van der Waals surface area contributed by atoms with E-state index in [9.17, 15) is 9.59 Å². The number of amides is 1. The molecular formula is C27H23ClN2O4S. The fourth-order valence-corrected chi connectivity index (χ4v) is 4.35. The molecule has 0 radical (unpaired) electrons. The molecule has 0 saturated carbocycles. The van der Waals surface area contributed by atoms with Crippen LogP contribution >= 0.6 is 23.4 Å². The van der Waals surface area contributed by atoms with E-state index in [4.69, 9.17) is 21.1 Å². The molecule has 1 amide bonds. The molecule has 0 aromatic heterocycles. The second-order valence-electron chi connectivity index (χ2n) is 7.62. The van der Waals surface area contributed by atoms with E-state index < -0.39 is 5.97 Å². The molecule has 0 unspecified atom stereocenters. The van der Waals surface area contributed by atoms with Crippen molar-refractivity contribution in [2.45, 2.75) is 13.5 Å². The zero-order chi connectivity index (χ0) is 24.8. The number of thioether (sulfide) groups is 1. The lowest BCUT2D eigenvalue weighted by molar-refractivity contribution is -0.121. The molecule has 1 aliphatic heterocycles. The molecular weight excluding hydrogens is 484 g/mol. The summed E-state index contributed by atoms with van der Waals surface area (Å²) in [7, 11) is 1.68. The summed E-state index contributed by atoms with van der Waals surface area (Å²) in [6.07, 6.45) is 1.82. The number of esters is 1. The molecule has 0 spiro atoms. The number of likely N-dealkylation sites (N-methyl/N-ethyl adjacent to an activating group) is 1. The van der Waals surface area contributed by atoms with Crippen molar-refractivity contribution in [2.75, 3.05) is 13.7 Å². The van der Waals surface area contributed by atoms with Gasteiger partial charge in [-0.15, -0.1) is 0 Å². The van der Waals surface area contributed by atoms with Crippen molar-refractivity contribution in [1.82, 2.24) is 4.90 Å². The fourth-order valence-electron chi connectivity index (χ4n) is 3.24. The minimum absolute atomic E-state index is 0.140. The summed E-state index contributed by atoms with van der Waals surface area (Å²) < 4.78 is 10.9. The zero-order valence-corrected chi connectivity index (χ0v) is 20.8. The van der Waals surface area contributed by atoms with E-state index in [1.807, 2.05) is 54.6 Å². The first-order valence-corrected chi connectivity index (χ1v) is 12.1. The Morgan fingerprint density at radius 1 is 1.09 bits per heavy atom. The van der Waals surface area contributed by atoms with Crippen LogP contribution in [0.5, 0.6) is 5.75 Å². The summed E-state index contributed by atoms with van der Waals surface area (Å²) in [5.74, 6) is 0.186. The molecule has 3 aromatic carbocycles. The highest BCUT2D eigenvalue weighted by Crippen LogP contribution is 2.33. The molecule has 0 atom stereocenters. The lowest BCUT2D eigenvalue weighted by Gasteiger charge is -2.08. The van der Waals surface area contributed by atoms with Crippen LogP contribution in [0.3, 0.4) is 0 Å². The number of halogens is 1. The smallest absolute Gasteiger partial charge is 0.338 e. The van der Waals surface area contributed by atoms with Gasteiger partial charge in [-0.05, 0) is 78.4 Å². The molecule has 0 aliphatic carbocycles. The molecule has 0 N–H and O–H groups in total. The highest BCUT2D eigenvalue weighted by molar-refractivity contribution is 8.18. The number of hydrogen-bond donors (Lipinski definition) is 0. The normalized spacial score (nSPS) is 15.6. The summed E-state index contributed by atoms with van der Waals surface area (Å²) in [4.78, 5) is 31.4. The fraction of sp³-hybridized carbons (Fsp3) is 0.148. The largest absolute Gasteiger partial charge is 0.489 e. The van der Waals surface area contributed by atoms with Gasteiger partial charge in [-0.25, -0.2) is 9.79 Å². The summed E-state index contributed by atoms with van der Waals surface area (Å²) in [6, 6.07) is 21.9. The van der Waals surface area contributed by atoms with Crippen molar-refractivity contribution < 1.29 is 19.1 Å². The van der Waals surface area contributed by atoms with E-state index in [1.54, 1.807) is 38.2 Å². The van der Waals surface area contributed by atoms with Crippen LogP contribution in [-0.2, 0) is 16.1 Å². The second-order valence-corrected chi connectivity index (χ2v) is 9.07. The molecule has 8 heteroatoms. The molecule has 1 fully saturated rings. The topological polar surface area (TPSA) is 68.2 Å². The minimum Gasteiger partial charge on any atom is -0.489 e. The van der Waals surface area contributed by atoms with E-state index >= 15 is 0 Å². The number of nitrogens with zero attached hydrogens (tertiary/aromatic N) is 2. The third-order valence-electron chi connectivity index (χ3n) is 5.08. The Hall–Kier alpha value is -3.55. The Bertz CT molecular complexity index is 1290. The summed E-state index contributed by atoms with van der Waals surface area (Å²) in [6.45, 7) is 2.50. The van der Waals surface area contributed by atoms with E-state index in [-0.39, 0.29) is 5.91 Å². The van der Waals surface area contributed by atoms with Crippen LogP contribution in [0.1, 0.15) is 28.4 Å². The molecule has 178 valence electrons. The van der Waals surface area contributed by atoms with Crippen molar-refractivity contribution in [3.63, 3.8) is 0 Å². The predicted molar refractivity (Wildman–Crippen MR) is 140 cm³/mol. The number of hydrogen-bond acceptors (Lipinski definition) is 6. The number of carbonyl (C=O) groups is 2. The molecule has 4 rings (SSSR count). The molecule has 1 heterocycles. The predicted octanol–water partition coefficient (Wildman–Crippen LogP) is 6.33. The number of rotatable bonds is 7. The SMILES string of the molecule is CCOC(=O)c1cccc(N=C2SC(=Cc3ccc(OCc4ccc(Cl)cc4)cc3)C(=O)N2C)c1. The third-order valence-corrected chi connectivity index (χ3v) is 6.39. The molecule has 1 saturated heterocycles. The van der Waals surface area contributed by atoms with E-state index in [1.165, 1.54) is 16.7 Å². The van der Waals surface area contributed by atoms with E-state index in [2.05, 4.69) is 4.99 Å².